The molecule has 0 amide bonds. The first-order valence-electron chi connectivity index (χ1n) is 7.36. The largest absolute Gasteiger partial charge is 0.338 e. The fourth-order valence-electron chi connectivity index (χ4n) is 2.80. The quantitative estimate of drug-likeness (QED) is 0.872. The molecule has 1 aromatic heterocycles. The van der Waals surface area contributed by atoms with Gasteiger partial charge in [-0.25, -0.2) is 18.7 Å². The fraction of sp³-hybridized carbons (Fsp3) is 0.375. The smallest absolute Gasteiger partial charge is 0.225 e. The van der Waals surface area contributed by atoms with Crippen molar-refractivity contribution in [3.8, 4) is 0 Å². The predicted molar refractivity (Wildman–Crippen MR) is 80.6 cm³/mol. The zero-order chi connectivity index (χ0) is 15.5. The second-order valence-corrected chi connectivity index (χ2v) is 5.41. The van der Waals surface area contributed by atoms with E-state index < -0.39 is 11.6 Å². The van der Waals surface area contributed by atoms with E-state index in [4.69, 9.17) is 0 Å². The van der Waals surface area contributed by atoms with Crippen LogP contribution in [0.3, 0.4) is 0 Å². The fourth-order valence-corrected chi connectivity index (χ4v) is 2.80. The third-order valence-corrected chi connectivity index (χ3v) is 4.11. The highest BCUT2D eigenvalue weighted by Gasteiger charge is 2.24. The minimum atomic E-state index is -0.542. The normalized spacial score (nSPS) is 17.5. The van der Waals surface area contributed by atoms with Crippen molar-refractivity contribution in [2.75, 3.05) is 31.1 Å². The molecule has 0 N–H and O–H groups in total. The number of halogens is 2. The molecule has 1 fully saturated rings. The molecule has 2 heterocycles. The summed E-state index contributed by atoms with van der Waals surface area (Å²) in [6.07, 6.45) is 3.45. The lowest BCUT2D eigenvalue weighted by Crippen LogP contribution is -2.47. The van der Waals surface area contributed by atoms with Crippen molar-refractivity contribution >= 4 is 5.95 Å². The number of rotatable bonds is 3. The van der Waals surface area contributed by atoms with E-state index >= 15 is 0 Å². The first-order valence-corrected chi connectivity index (χ1v) is 7.36. The Kier molecular flexibility index (Phi) is 4.29. The van der Waals surface area contributed by atoms with Gasteiger partial charge >= 0.3 is 0 Å². The SMILES string of the molecule is CC(c1ccc(F)cc1F)N1CCN(c2ncccn2)CC1. The van der Waals surface area contributed by atoms with E-state index in [0.29, 0.717) is 5.56 Å². The van der Waals surface area contributed by atoms with Crippen molar-refractivity contribution in [1.29, 1.82) is 0 Å². The van der Waals surface area contributed by atoms with Gasteiger partial charge in [0.15, 0.2) is 0 Å². The van der Waals surface area contributed by atoms with Crippen LogP contribution in [0.4, 0.5) is 14.7 Å². The van der Waals surface area contributed by atoms with Gasteiger partial charge < -0.3 is 4.90 Å². The van der Waals surface area contributed by atoms with E-state index in [1.165, 1.54) is 12.1 Å². The summed E-state index contributed by atoms with van der Waals surface area (Å²) in [6.45, 7) is 5.10. The Labute approximate surface area is 128 Å². The Morgan fingerprint density at radius 3 is 2.36 bits per heavy atom. The molecule has 116 valence electrons. The summed E-state index contributed by atoms with van der Waals surface area (Å²) in [5.41, 5.74) is 0.533. The summed E-state index contributed by atoms with van der Waals surface area (Å²) in [7, 11) is 0. The Morgan fingerprint density at radius 1 is 1.05 bits per heavy atom. The summed E-state index contributed by atoms with van der Waals surface area (Å²) in [6, 6.07) is 5.49. The van der Waals surface area contributed by atoms with Gasteiger partial charge in [-0.3, -0.25) is 4.90 Å². The van der Waals surface area contributed by atoms with Crippen molar-refractivity contribution in [2.24, 2.45) is 0 Å². The molecule has 1 aliphatic heterocycles. The molecular weight excluding hydrogens is 286 g/mol. The van der Waals surface area contributed by atoms with Crippen LogP contribution in [0.5, 0.6) is 0 Å². The molecule has 22 heavy (non-hydrogen) atoms. The molecule has 1 atom stereocenters. The molecule has 1 saturated heterocycles. The maximum atomic E-state index is 13.9. The van der Waals surface area contributed by atoms with Gasteiger partial charge in [0.2, 0.25) is 5.95 Å². The van der Waals surface area contributed by atoms with Crippen LogP contribution < -0.4 is 4.90 Å². The van der Waals surface area contributed by atoms with E-state index in [9.17, 15) is 8.78 Å². The third kappa shape index (κ3) is 3.06. The highest BCUT2D eigenvalue weighted by Crippen LogP contribution is 2.25. The van der Waals surface area contributed by atoms with E-state index in [2.05, 4.69) is 19.8 Å². The van der Waals surface area contributed by atoms with Crippen LogP contribution in [-0.2, 0) is 0 Å². The van der Waals surface area contributed by atoms with Crippen molar-refractivity contribution in [3.05, 3.63) is 53.9 Å². The first-order chi connectivity index (χ1) is 10.6. The molecule has 3 rings (SSSR count). The van der Waals surface area contributed by atoms with Crippen LogP contribution in [0.1, 0.15) is 18.5 Å². The molecule has 4 nitrogen and oxygen atoms in total. The van der Waals surface area contributed by atoms with Crippen molar-refractivity contribution in [2.45, 2.75) is 13.0 Å². The summed E-state index contributed by atoms with van der Waals surface area (Å²) >= 11 is 0. The minimum Gasteiger partial charge on any atom is -0.338 e. The van der Waals surface area contributed by atoms with E-state index in [0.717, 1.165) is 38.2 Å². The molecule has 6 heteroatoms. The molecule has 0 spiro atoms. The molecule has 0 bridgehead atoms. The van der Waals surface area contributed by atoms with Crippen LogP contribution in [0.15, 0.2) is 36.7 Å². The third-order valence-electron chi connectivity index (χ3n) is 4.11. The molecule has 0 radical (unpaired) electrons. The van der Waals surface area contributed by atoms with Crippen LogP contribution in [0.25, 0.3) is 0 Å². The second-order valence-electron chi connectivity index (χ2n) is 5.41. The number of aromatic nitrogens is 2. The van der Waals surface area contributed by atoms with Crippen molar-refractivity contribution in [1.82, 2.24) is 14.9 Å². The molecule has 0 aliphatic carbocycles. The van der Waals surface area contributed by atoms with E-state index in [-0.39, 0.29) is 6.04 Å². The van der Waals surface area contributed by atoms with Gasteiger partial charge in [0.25, 0.3) is 0 Å². The zero-order valence-electron chi connectivity index (χ0n) is 12.4. The van der Waals surface area contributed by atoms with Gasteiger partial charge in [-0.05, 0) is 19.1 Å². The standard InChI is InChI=1S/C16H18F2N4/c1-12(14-4-3-13(17)11-15(14)18)21-7-9-22(10-8-21)16-19-5-2-6-20-16/h2-6,11-12H,7-10H2,1H3. The molecule has 2 aromatic rings. The molecule has 0 saturated carbocycles. The number of anilines is 1. The highest BCUT2D eigenvalue weighted by molar-refractivity contribution is 5.29. The Morgan fingerprint density at radius 2 is 1.73 bits per heavy atom. The lowest BCUT2D eigenvalue weighted by atomic mass is 10.1. The van der Waals surface area contributed by atoms with E-state index in [1.807, 2.05) is 6.92 Å². The van der Waals surface area contributed by atoms with Crippen LogP contribution >= 0.6 is 0 Å². The zero-order valence-corrected chi connectivity index (χ0v) is 12.4. The minimum absolute atomic E-state index is 0.0839. The first kappa shape index (κ1) is 14.8. The summed E-state index contributed by atoms with van der Waals surface area (Å²) < 4.78 is 26.9. The van der Waals surface area contributed by atoms with Gasteiger partial charge in [0.1, 0.15) is 11.6 Å². The number of hydrogen-bond acceptors (Lipinski definition) is 4. The number of piperazine rings is 1. The number of nitrogens with zero attached hydrogens (tertiary/aromatic N) is 4. The maximum Gasteiger partial charge on any atom is 0.225 e. The predicted octanol–water partition coefficient (Wildman–Crippen LogP) is 2.64. The molecular formula is C16H18F2N4. The average molecular weight is 304 g/mol. The number of benzene rings is 1. The average Bonchev–Trinajstić information content (AvgIpc) is 2.55. The van der Waals surface area contributed by atoms with Gasteiger partial charge in [-0.1, -0.05) is 6.07 Å². The van der Waals surface area contributed by atoms with E-state index in [1.54, 1.807) is 18.5 Å². The Bertz CT molecular complexity index is 627. The van der Waals surface area contributed by atoms with Gasteiger partial charge in [0, 0.05) is 56.2 Å². The summed E-state index contributed by atoms with van der Waals surface area (Å²) in [4.78, 5) is 12.8. The number of hydrogen-bond donors (Lipinski definition) is 0. The highest BCUT2D eigenvalue weighted by atomic mass is 19.1. The molecule has 1 aliphatic rings. The lowest BCUT2D eigenvalue weighted by Gasteiger charge is -2.38. The van der Waals surface area contributed by atoms with Gasteiger partial charge in [0.05, 0.1) is 0 Å². The van der Waals surface area contributed by atoms with Crippen LogP contribution in [0, 0.1) is 11.6 Å². The molecule has 1 aromatic carbocycles. The topological polar surface area (TPSA) is 32.3 Å². The maximum absolute atomic E-state index is 13.9. The molecule has 1 unspecified atom stereocenters. The van der Waals surface area contributed by atoms with Gasteiger partial charge in [-0.2, -0.15) is 0 Å². The monoisotopic (exact) mass is 304 g/mol. The Balaban J connectivity index is 1.66. The van der Waals surface area contributed by atoms with Crippen LogP contribution in [-0.4, -0.2) is 41.0 Å². The van der Waals surface area contributed by atoms with Crippen LogP contribution in [0.2, 0.25) is 0 Å². The van der Waals surface area contributed by atoms with Gasteiger partial charge in [-0.15, -0.1) is 0 Å². The summed E-state index contributed by atoms with van der Waals surface area (Å²) in [5.74, 6) is -0.302. The van der Waals surface area contributed by atoms with Crippen molar-refractivity contribution in [3.63, 3.8) is 0 Å². The Hall–Kier alpha value is -2.08. The second kappa shape index (κ2) is 6.36. The van der Waals surface area contributed by atoms with Crippen molar-refractivity contribution < 1.29 is 8.78 Å². The lowest BCUT2D eigenvalue weighted by molar-refractivity contribution is 0.194. The summed E-state index contributed by atoms with van der Waals surface area (Å²) in [5, 5.41) is 0.